The molecule has 0 aliphatic rings. The highest BCUT2D eigenvalue weighted by Crippen LogP contribution is 2.18. The van der Waals surface area contributed by atoms with Crippen LogP contribution < -0.4 is 10.1 Å². The van der Waals surface area contributed by atoms with E-state index < -0.39 is 6.10 Å². The van der Waals surface area contributed by atoms with Gasteiger partial charge in [0.1, 0.15) is 5.75 Å². The van der Waals surface area contributed by atoms with Crippen molar-refractivity contribution < 1.29 is 9.53 Å². The molecule has 1 atom stereocenters. The van der Waals surface area contributed by atoms with Crippen LogP contribution in [0.4, 0.5) is 0 Å². The number of hydrogen-bond donors (Lipinski definition) is 1. The van der Waals surface area contributed by atoms with Gasteiger partial charge in [0.05, 0.1) is 0 Å². The maximum absolute atomic E-state index is 12.2. The molecule has 0 bridgehead atoms. The SMILES string of the molecule is CC[C@H](Oc1ccc(Cl)cc1)C(=O)NCCSCc1cccc(Cl)c1. The molecule has 25 heavy (non-hydrogen) atoms. The molecule has 0 aromatic heterocycles. The van der Waals surface area contributed by atoms with Gasteiger partial charge in [-0.25, -0.2) is 0 Å². The lowest BCUT2D eigenvalue weighted by molar-refractivity contribution is -0.127. The Hall–Kier alpha value is -1.36. The van der Waals surface area contributed by atoms with E-state index in [1.165, 1.54) is 5.56 Å². The molecule has 0 heterocycles. The second-order valence-electron chi connectivity index (χ2n) is 5.44. The van der Waals surface area contributed by atoms with E-state index in [2.05, 4.69) is 5.32 Å². The summed E-state index contributed by atoms with van der Waals surface area (Å²) in [6.07, 6.45) is 0.100. The molecule has 0 radical (unpaired) electrons. The van der Waals surface area contributed by atoms with Crippen LogP contribution >= 0.6 is 35.0 Å². The fourth-order valence-electron chi connectivity index (χ4n) is 2.18. The van der Waals surface area contributed by atoms with Gasteiger partial charge in [-0.2, -0.15) is 11.8 Å². The highest BCUT2D eigenvalue weighted by atomic mass is 35.5. The summed E-state index contributed by atoms with van der Waals surface area (Å²) in [5, 5.41) is 4.31. The van der Waals surface area contributed by atoms with Gasteiger partial charge >= 0.3 is 0 Å². The molecule has 0 aliphatic heterocycles. The van der Waals surface area contributed by atoms with Crippen molar-refractivity contribution in [2.45, 2.75) is 25.2 Å². The number of nitrogens with one attached hydrogen (secondary N) is 1. The Labute approximate surface area is 163 Å². The van der Waals surface area contributed by atoms with Crippen LogP contribution in [0.3, 0.4) is 0 Å². The third kappa shape index (κ3) is 7.18. The molecular formula is C19H21Cl2NO2S. The molecule has 0 aliphatic carbocycles. The highest BCUT2D eigenvalue weighted by Gasteiger charge is 2.17. The number of carbonyl (C=O) groups is 1. The van der Waals surface area contributed by atoms with Gasteiger partial charge in [-0.15, -0.1) is 0 Å². The Morgan fingerprint density at radius 3 is 2.60 bits per heavy atom. The molecule has 1 amide bonds. The molecule has 0 saturated carbocycles. The highest BCUT2D eigenvalue weighted by molar-refractivity contribution is 7.98. The quantitative estimate of drug-likeness (QED) is 0.590. The molecular weight excluding hydrogens is 377 g/mol. The molecule has 2 aromatic rings. The number of benzene rings is 2. The summed E-state index contributed by atoms with van der Waals surface area (Å²) in [4.78, 5) is 12.2. The van der Waals surface area contributed by atoms with Crippen molar-refractivity contribution in [2.24, 2.45) is 0 Å². The van der Waals surface area contributed by atoms with E-state index in [1.807, 2.05) is 31.2 Å². The maximum atomic E-state index is 12.2. The summed E-state index contributed by atoms with van der Waals surface area (Å²) in [5.74, 6) is 2.24. The van der Waals surface area contributed by atoms with Crippen LogP contribution in [0.5, 0.6) is 5.75 Å². The maximum Gasteiger partial charge on any atom is 0.261 e. The predicted molar refractivity (Wildman–Crippen MR) is 107 cm³/mol. The first-order chi connectivity index (χ1) is 12.1. The van der Waals surface area contributed by atoms with Crippen LogP contribution in [-0.2, 0) is 10.5 Å². The summed E-state index contributed by atoms with van der Waals surface area (Å²) in [6.45, 7) is 2.53. The first kappa shape index (κ1) is 20.0. The minimum absolute atomic E-state index is 0.0965. The van der Waals surface area contributed by atoms with Gasteiger partial charge in [-0.1, -0.05) is 42.3 Å². The zero-order valence-electron chi connectivity index (χ0n) is 14.0. The van der Waals surface area contributed by atoms with Crippen molar-refractivity contribution in [1.82, 2.24) is 5.32 Å². The normalized spacial score (nSPS) is 11.8. The topological polar surface area (TPSA) is 38.3 Å². The van der Waals surface area contributed by atoms with Gasteiger partial charge in [0, 0.05) is 28.1 Å². The second kappa shape index (κ2) is 10.6. The lowest BCUT2D eigenvalue weighted by atomic mass is 10.2. The Morgan fingerprint density at radius 2 is 1.92 bits per heavy atom. The van der Waals surface area contributed by atoms with E-state index in [-0.39, 0.29) is 5.91 Å². The number of amides is 1. The molecule has 6 heteroatoms. The minimum atomic E-state index is -0.501. The first-order valence-corrected chi connectivity index (χ1v) is 10.0. The largest absolute Gasteiger partial charge is 0.481 e. The monoisotopic (exact) mass is 397 g/mol. The van der Waals surface area contributed by atoms with Gasteiger partial charge in [-0.3, -0.25) is 4.79 Å². The van der Waals surface area contributed by atoms with Crippen LogP contribution in [-0.4, -0.2) is 24.3 Å². The standard InChI is InChI=1S/C19H21Cl2NO2S/c1-2-18(24-17-8-6-15(20)7-9-17)19(23)22-10-11-25-13-14-4-3-5-16(21)12-14/h3-9,12,18H,2,10-11,13H2,1H3,(H,22,23)/t18-/m0/s1. The molecule has 0 fully saturated rings. The zero-order valence-corrected chi connectivity index (χ0v) is 16.3. The smallest absolute Gasteiger partial charge is 0.261 e. The number of halogens is 2. The van der Waals surface area contributed by atoms with Gasteiger partial charge < -0.3 is 10.1 Å². The summed E-state index contributed by atoms with van der Waals surface area (Å²) in [6, 6.07) is 14.8. The van der Waals surface area contributed by atoms with Crippen LogP contribution in [0.25, 0.3) is 0 Å². The van der Waals surface area contributed by atoms with Crippen molar-refractivity contribution in [1.29, 1.82) is 0 Å². The third-order valence-electron chi connectivity index (χ3n) is 3.46. The van der Waals surface area contributed by atoms with E-state index in [4.69, 9.17) is 27.9 Å². The number of ether oxygens (including phenoxy) is 1. The van der Waals surface area contributed by atoms with Crippen molar-refractivity contribution >= 4 is 40.9 Å². The fourth-order valence-corrected chi connectivity index (χ4v) is 3.32. The molecule has 3 nitrogen and oxygen atoms in total. The van der Waals surface area contributed by atoms with Crippen LogP contribution in [0.15, 0.2) is 48.5 Å². The van der Waals surface area contributed by atoms with Crippen molar-refractivity contribution in [3.8, 4) is 5.75 Å². The predicted octanol–water partition coefficient (Wildman–Crippen LogP) is 5.20. The van der Waals surface area contributed by atoms with Crippen LogP contribution in [0.1, 0.15) is 18.9 Å². The Kier molecular flexibility index (Phi) is 8.45. The molecule has 1 N–H and O–H groups in total. The van der Waals surface area contributed by atoms with E-state index in [0.29, 0.717) is 23.7 Å². The van der Waals surface area contributed by atoms with E-state index >= 15 is 0 Å². The zero-order chi connectivity index (χ0) is 18.1. The third-order valence-corrected chi connectivity index (χ3v) is 4.98. The number of rotatable bonds is 9. The molecule has 0 saturated heterocycles. The van der Waals surface area contributed by atoms with Crippen molar-refractivity contribution in [3.63, 3.8) is 0 Å². The molecule has 0 unspecified atom stereocenters. The Bertz CT molecular complexity index is 679. The van der Waals surface area contributed by atoms with Gasteiger partial charge in [0.25, 0.3) is 5.91 Å². The molecule has 2 rings (SSSR count). The van der Waals surface area contributed by atoms with E-state index in [9.17, 15) is 4.79 Å². The van der Waals surface area contributed by atoms with Gasteiger partial charge in [-0.05, 0) is 48.4 Å². The second-order valence-corrected chi connectivity index (χ2v) is 7.42. The Morgan fingerprint density at radius 1 is 1.16 bits per heavy atom. The van der Waals surface area contributed by atoms with Gasteiger partial charge in [0.2, 0.25) is 0 Å². The number of carbonyl (C=O) groups excluding carboxylic acids is 1. The van der Waals surface area contributed by atoms with E-state index in [1.54, 1.807) is 36.0 Å². The molecule has 134 valence electrons. The first-order valence-electron chi connectivity index (χ1n) is 8.10. The van der Waals surface area contributed by atoms with Crippen molar-refractivity contribution in [3.05, 3.63) is 64.1 Å². The summed E-state index contributed by atoms with van der Waals surface area (Å²) < 4.78 is 5.73. The van der Waals surface area contributed by atoms with Gasteiger partial charge in [0.15, 0.2) is 6.10 Å². The summed E-state index contributed by atoms with van der Waals surface area (Å²) >= 11 is 13.6. The lowest BCUT2D eigenvalue weighted by Gasteiger charge is -2.17. The number of thioether (sulfide) groups is 1. The number of hydrogen-bond acceptors (Lipinski definition) is 3. The molecule has 0 spiro atoms. The van der Waals surface area contributed by atoms with Crippen molar-refractivity contribution in [2.75, 3.05) is 12.3 Å². The average Bonchev–Trinajstić information content (AvgIpc) is 2.61. The fraction of sp³-hybridized carbons (Fsp3) is 0.316. The van der Waals surface area contributed by atoms with E-state index in [0.717, 1.165) is 16.5 Å². The minimum Gasteiger partial charge on any atom is -0.481 e. The molecule has 2 aromatic carbocycles. The summed E-state index contributed by atoms with van der Waals surface area (Å²) in [5.41, 5.74) is 1.18. The average molecular weight is 398 g/mol. The lowest BCUT2D eigenvalue weighted by Crippen LogP contribution is -2.39. The van der Waals surface area contributed by atoms with Crippen LogP contribution in [0.2, 0.25) is 10.0 Å². The summed E-state index contributed by atoms with van der Waals surface area (Å²) in [7, 11) is 0. The Balaban J connectivity index is 1.69. The van der Waals surface area contributed by atoms with Crippen LogP contribution in [0, 0.1) is 0 Å².